The van der Waals surface area contributed by atoms with Crippen molar-refractivity contribution >= 4 is 11.5 Å². The van der Waals surface area contributed by atoms with Gasteiger partial charge in [0.05, 0.1) is 23.9 Å². The molecule has 0 amide bonds. The molecule has 10 heteroatoms. The summed E-state index contributed by atoms with van der Waals surface area (Å²) in [7, 11) is 0. The highest BCUT2D eigenvalue weighted by Gasteiger charge is 2.29. The Morgan fingerprint density at radius 3 is 2.17 bits per heavy atom. The van der Waals surface area contributed by atoms with Crippen LogP contribution in [-0.2, 0) is 17.6 Å². The van der Waals surface area contributed by atoms with Crippen molar-refractivity contribution in [3.05, 3.63) is 65.2 Å². The number of nitrogens with one attached hydrogen (secondary N) is 1. The van der Waals surface area contributed by atoms with E-state index in [-0.39, 0.29) is 25.6 Å². The summed E-state index contributed by atoms with van der Waals surface area (Å²) in [4.78, 5) is 5.20. The molecule has 160 valence electrons. The molecule has 0 fully saturated rings. The Morgan fingerprint density at radius 1 is 1.13 bits per heavy atom. The zero-order chi connectivity index (χ0) is 22.6. The van der Waals surface area contributed by atoms with E-state index in [0.29, 0.717) is 17.0 Å². The number of amidine groups is 1. The summed E-state index contributed by atoms with van der Waals surface area (Å²) in [5, 5.41) is 18.6. The van der Waals surface area contributed by atoms with Crippen LogP contribution in [0, 0.1) is 16.7 Å². The van der Waals surface area contributed by atoms with Gasteiger partial charge in [-0.15, -0.1) is 0 Å². The highest BCUT2D eigenvalue weighted by atomic mass is 19.4. The molecular formula is C20H22F3N5O2. The molecule has 0 saturated heterocycles. The Balaban J connectivity index is 0.00000103. The molecular weight excluding hydrogens is 399 g/mol. The fourth-order valence-electron chi connectivity index (χ4n) is 2.00. The molecule has 2 rings (SSSR count). The van der Waals surface area contributed by atoms with Crippen LogP contribution in [0.15, 0.2) is 53.7 Å². The number of nitrogens with two attached hydrogens (primary N) is 2. The zero-order valence-electron chi connectivity index (χ0n) is 16.2. The first-order chi connectivity index (χ1) is 14.2. The van der Waals surface area contributed by atoms with E-state index in [4.69, 9.17) is 26.0 Å². The van der Waals surface area contributed by atoms with Crippen LogP contribution in [0.5, 0.6) is 5.75 Å². The van der Waals surface area contributed by atoms with Gasteiger partial charge in [0.1, 0.15) is 24.8 Å². The number of nitrogens with zero attached hydrogens (tertiary/aromatic N) is 2. The van der Waals surface area contributed by atoms with Gasteiger partial charge in [-0.25, -0.2) is 0 Å². The van der Waals surface area contributed by atoms with Gasteiger partial charge in [0.25, 0.3) is 0 Å². The summed E-state index contributed by atoms with van der Waals surface area (Å²) in [6.45, 7) is 1.95. The predicted octanol–water partition coefficient (Wildman–Crippen LogP) is 3.43. The van der Waals surface area contributed by atoms with E-state index >= 15 is 0 Å². The van der Waals surface area contributed by atoms with Crippen LogP contribution in [-0.4, -0.2) is 24.7 Å². The maximum Gasteiger partial charge on any atom is 0.416 e. The summed E-state index contributed by atoms with van der Waals surface area (Å²) in [5.74, 6) is 0.505. The fourth-order valence-corrected chi connectivity index (χ4v) is 2.00. The Labute approximate surface area is 172 Å². The van der Waals surface area contributed by atoms with E-state index in [9.17, 15) is 13.2 Å². The molecule has 2 aromatic rings. The smallest absolute Gasteiger partial charge is 0.416 e. The van der Waals surface area contributed by atoms with Crippen LogP contribution < -0.4 is 16.2 Å². The second kappa shape index (κ2) is 12.1. The quantitative estimate of drug-likeness (QED) is 0.273. The maximum absolute atomic E-state index is 12.5. The molecule has 30 heavy (non-hydrogen) atoms. The van der Waals surface area contributed by atoms with Gasteiger partial charge in [-0.2, -0.15) is 18.4 Å². The summed E-state index contributed by atoms with van der Waals surface area (Å²) < 4.78 is 42.8. The number of alkyl halides is 3. The Hall–Kier alpha value is -3.58. The van der Waals surface area contributed by atoms with Gasteiger partial charge in [0.2, 0.25) is 0 Å². The molecule has 2 aromatic carbocycles. The van der Waals surface area contributed by atoms with Gasteiger partial charge in [0, 0.05) is 0 Å². The van der Waals surface area contributed by atoms with Crippen LogP contribution in [0.25, 0.3) is 0 Å². The van der Waals surface area contributed by atoms with Crippen LogP contribution in [0.2, 0.25) is 0 Å². The third kappa shape index (κ3) is 9.07. The largest absolute Gasteiger partial charge is 0.486 e. The lowest BCUT2D eigenvalue weighted by Gasteiger charge is -2.08. The van der Waals surface area contributed by atoms with E-state index in [0.717, 1.165) is 17.7 Å². The number of hydrogen-bond donors (Lipinski definition) is 3. The van der Waals surface area contributed by atoms with E-state index in [1.165, 1.54) is 12.1 Å². The second-order valence-corrected chi connectivity index (χ2v) is 5.85. The van der Waals surface area contributed by atoms with Gasteiger partial charge in [0.15, 0.2) is 0 Å². The Morgan fingerprint density at radius 2 is 1.70 bits per heavy atom. The van der Waals surface area contributed by atoms with E-state index in [1.807, 2.05) is 0 Å². The third-order valence-corrected chi connectivity index (χ3v) is 3.47. The molecule has 0 aliphatic rings. The minimum Gasteiger partial charge on any atom is -0.486 e. The molecule has 5 N–H and O–H groups in total. The summed E-state index contributed by atoms with van der Waals surface area (Å²) >= 11 is 0. The van der Waals surface area contributed by atoms with Crippen LogP contribution in [0.3, 0.4) is 0 Å². The minimum atomic E-state index is -4.35. The topological polar surface area (TPSA) is 130 Å². The van der Waals surface area contributed by atoms with Crippen molar-refractivity contribution in [3.63, 3.8) is 0 Å². The average Bonchev–Trinajstić information content (AvgIpc) is 2.72. The lowest BCUT2D eigenvalue weighted by Crippen LogP contribution is -2.19. The lowest BCUT2D eigenvalue weighted by molar-refractivity contribution is -0.137. The highest BCUT2D eigenvalue weighted by molar-refractivity contribution is 5.98. The SMILES string of the molecule is C/C(=N\OCc1ccc(C(F)(F)F)cc1)c1ccc(OCC(=N)N)cc1.N#CCN. The van der Waals surface area contributed by atoms with Crippen LogP contribution in [0.1, 0.15) is 23.6 Å². The molecule has 0 bridgehead atoms. The number of benzene rings is 2. The lowest BCUT2D eigenvalue weighted by atomic mass is 10.1. The van der Waals surface area contributed by atoms with Crippen molar-refractivity contribution < 1.29 is 22.7 Å². The Kier molecular flexibility index (Phi) is 9.85. The fraction of sp³-hybridized carbons (Fsp3) is 0.250. The van der Waals surface area contributed by atoms with Crippen LogP contribution >= 0.6 is 0 Å². The first kappa shape index (κ1) is 24.5. The van der Waals surface area contributed by atoms with E-state index in [1.54, 1.807) is 37.3 Å². The highest BCUT2D eigenvalue weighted by Crippen LogP contribution is 2.29. The van der Waals surface area contributed by atoms with Gasteiger partial charge >= 0.3 is 6.18 Å². The van der Waals surface area contributed by atoms with Gasteiger partial charge in [-0.05, 0) is 54.4 Å². The first-order valence-corrected chi connectivity index (χ1v) is 8.63. The van der Waals surface area contributed by atoms with Gasteiger partial charge in [-0.3, -0.25) is 5.41 Å². The van der Waals surface area contributed by atoms with E-state index < -0.39 is 11.7 Å². The number of halogens is 3. The monoisotopic (exact) mass is 421 g/mol. The molecule has 0 heterocycles. The van der Waals surface area contributed by atoms with Crippen molar-refractivity contribution in [2.45, 2.75) is 19.7 Å². The normalized spacial score (nSPS) is 11.0. The number of oxime groups is 1. The third-order valence-electron chi connectivity index (χ3n) is 3.47. The zero-order valence-corrected chi connectivity index (χ0v) is 16.2. The molecule has 0 aliphatic carbocycles. The van der Waals surface area contributed by atoms with Crippen molar-refractivity contribution in [1.82, 2.24) is 0 Å². The van der Waals surface area contributed by atoms with Crippen molar-refractivity contribution in [2.24, 2.45) is 16.6 Å². The second-order valence-electron chi connectivity index (χ2n) is 5.85. The number of nitriles is 1. The molecule has 0 unspecified atom stereocenters. The Bertz CT molecular complexity index is 873. The summed E-state index contributed by atoms with van der Waals surface area (Å²) in [6, 6.07) is 13.4. The maximum atomic E-state index is 12.5. The summed E-state index contributed by atoms with van der Waals surface area (Å²) in [6.07, 6.45) is -4.35. The van der Waals surface area contributed by atoms with Gasteiger partial charge < -0.3 is 21.0 Å². The first-order valence-electron chi connectivity index (χ1n) is 8.63. The molecule has 0 aliphatic heterocycles. The number of hydrogen-bond acceptors (Lipinski definition) is 6. The van der Waals surface area contributed by atoms with Crippen molar-refractivity contribution in [1.29, 1.82) is 10.7 Å². The van der Waals surface area contributed by atoms with Crippen LogP contribution in [0.4, 0.5) is 13.2 Å². The predicted molar refractivity (Wildman–Crippen MR) is 107 cm³/mol. The molecule has 0 radical (unpaired) electrons. The molecule has 7 nitrogen and oxygen atoms in total. The van der Waals surface area contributed by atoms with E-state index in [2.05, 4.69) is 10.9 Å². The molecule has 0 saturated carbocycles. The average molecular weight is 421 g/mol. The minimum absolute atomic E-state index is 0.0165. The molecule has 0 atom stereocenters. The standard InChI is InChI=1S/C18H18F3N3O2.C2H4N2/c1-12(14-4-8-16(9-5-14)25-11-17(22)23)24-26-10-13-2-6-15(7-3-13)18(19,20)21;3-1-2-4/h2-9H,10-11H2,1H3,(H3,22,23);1,3H2/b24-12+;. The number of rotatable bonds is 7. The molecule has 0 aromatic heterocycles. The number of ether oxygens (including phenoxy) is 1. The van der Waals surface area contributed by atoms with Crippen molar-refractivity contribution in [3.8, 4) is 11.8 Å². The molecule has 0 spiro atoms. The van der Waals surface area contributed by atoms with Crippen molar-refractivity contribution in [2.75, 3.05) is 13.2 Å². The van der Waals surface area contributed by atoms with Gasteiger partial charge in [-0.1, -0.05) is 17.3 Å². The summed E-state index contributed by atoms with van der Waals surface area (Å²) in [5.41, 5.74) is 11.2.